The largest absolute Gasteiger partial charge is 0.396 e. The first-order valence-corrected chi connectivity index (χ1v) is 5.43. The number of hydrogen-bond donors (Lipinski definition) is 2. The smallest absolute Gasteiger partial charge is 0.0790 e. The molecular formula is C10H21NO2. The molecule has 0 aromatic carbocycles. The van der Waals surface area contributed by atoms with Gasteiger partial charge in [-0.25, -0.2) is 5.48 Å². The van der Waals surface area contributed by atoms with Crippen LogP contribution in [0.1, 0.15) is 44.9 Å². The summed E-state index contributed by atoms with van der Waals surface area (Å²) in [5, 5.41) is 8.54. The number of rotatable bonds is 7. The molecule has 0 bridgehead atoms. The molecule has 0 saturated heterocycles. The summed E-state index contributed by atoms with van der Waals surface area (Å²) in [6.45, 7) is 1.22. The minimum absolute atomic E-state index is 0.309. The highest BCUT2D eigenvalue weighted by atomic mass is 16.7. The lowest BCUT2D eigenvalue weighted by atomic mass is 10.2. The van der Waals surface area contributed by atoms with Crippen LogP contribution in [-0.4, -0.2) is 24.4 Å². The fraction of sp³-hybridized carbons (Fsp3) is 1.00. The van der Waals surface area contributed by atoms with Crippen molar-refractivity contribution in [3.05, 3.63) is 0 Å². The van der Waals surface area contributed by atoms with Gasteiger partial charge in [0.2, 0.25) is 0 Å². The lowest BCUT2D eigenvalue weighted by Gasteiger charge is -2.10. The maximum atomic E-state index is 8.54. The number of hydrogen-bond acceptors (Lipinski definition) is 3. The lowest BCUT2D eigenvalue weighted by Crippen LogP contribution is -2.22. The summed E-state index contributed by atoms with van der Waals surface area (Å²) < 4.78 is 0. The van der Waals surface area contributed by atoms with E-state index in [1.807, 2.05) is 0 Å². The van der Waals surface area contributed by atoms with Crippen LogP contribution in [0, 0.1) is 0 Å². The fourth-order valence-corrected chi connectivity index (χ4v) is 1.67. The van der Waals surface area contributed by atoms with Gasteiger partial charge in [-0.1, -0.05) is 12.8 Å². The van der Waals surface area contributed by atoms with E-state index in [9.17, 15) is 0 Å². The van der Waals surface area contributed by atoms with Crippen molar-refractivity contribution in [2.24, 2.45) is 0 Å². The van der Waals surface area contributed by atoms with Gasteiger partial charge in [0.15, 0.2) is 0 Å². The number of nitrogens with one attached hydrogen (secondary N) is 1. The topological polar surface area (TPSA) is 41.5 Å². The maximum absolute atomic E-state index is 8.54. The average Bonchev–Trinajstić information content (AvgIpc) is 2.63. The molecule has 3 nitrogen and oxygen atoms in total. The van der Waals surface area contributed by atoms with Gasteiger partial charge in [-0.05, 0) is 32.1 Å². The van der Waals surface area contributed by atoms with Crippen LogP contribution in [0.4, 0.5) is 0 Å². The average molecular weight is 187 g/mol. The third-order valence-electron chi connectivity index (χ3n) is 2.49. The Balaban J connectivity index is 1.78. The molecule has 1 aliphatic rings. The number of aliphatic hydroxyl groups is 1. The van der Waals surface area contributed by atoms with Crippen molar-refractivity contribution >= 4 is 0 Å². The summed E-state index contributed by atoms with van der Waals surface area (Å²) in [6, 6.07) is 0. The molecular weight excluding hydrogens is 166 g/mol. The summed E-state index contributed by atoms with van der Waals surface area (Å²) in [5.74, 6) is 0. The Kier molecular flexibility index (Phi) is 6.15. The van der Waals surface area contributed by atoms with Crippen LogP contribution in [0.15, 0.2) is 0 Å². The van der Waals surface area contributed by atoms with Crippen LogP contribution in [0.5, 0.6) is 0 Å². The summed E-state index contributed by atoms with van der Waals surface area (Å²) in [6.07, 6.45) is 8.59. The van der Waals surface area contributed by atoms with Gasteiger partial charge in [0.1, 0.15) is 0 Å². The van der Waals surface area contributed by atoms with E-state index in [2.05, 4.69) is 5.48 Å². The van der Waals surface area contributed by atoms with E-state index in [0.717, 1.165) is 25.8 Å². The van der Waals surface area contributed by atoms with Crippen LogP contribution in [0.25, 0.3) is 0 Å². The van der Waals surface area contributed by atoms with Crippen LogP contribution in [0.2, 0.25) is 0 Å². The van der Waals surface area contributed by atoms with Gasteiger partial charge in [-0.3, -0.25) is 4.84 Å². The predicted octanol–water partition coefficient (Wildman–Crippen LogP) is 1.61. The van der Waals surface area contributed by atoms with Crippen molar-refractivity contribution in [1.29, 1.82) is 0 Å². The van der Waals surface area contributed by atoms with Gasteiger partial charge >= 0.3 is 0 Å². The Hall–Kier alpha value is -0.120. The van der Waals surface area contributed by atoms with Gasteiger partial charge < -0.3 is 5.11 Å². The minimum Gasteiger partial charge on any atom is -0.396 e. The lowest BCUT2D eigenvalue weighted by molar-refractivity contribution is -0.0210. The second-order valence-electron chi connectivity index (χ2n) is 3.70. The molecule has 0 heterocycles. The summed E-state index contributed by atoms with van der Waals surface area (Å²) in [5.41, 5.74) is 3.00. The first-order chi connectivity index (χ1) is 6.43. The number of aliphatic hydroxyl groups excluding tert-OH is 1. The fourth-order valence-electron chi connectivity index (χ4n) is 1.67. The predicted molar refractivity (Wildman–Crippen MR) is 52.3 cm³/mol. The van der Waals surface area contributed by atoms with Crippen molar-refractivity contribution in [2.45, 2.75) is 51.0 Å². The summed E-state index contributed by atoms with van der Waals surface area (Å²) >= 11 is 0. The normalized spacial score (nSPS) is 18.2. The molecule has 1 fully saturated rings. The Morgan fingerprint density at radius 1 is 1.15 bits per heavy atom. The molecule has 0 aromatic heterocycles. The minimum atomic E-state index is 0.309. The van der Waals surface area contributed by atoms with Crippen LogP contribution >= 0.6 is 0 Å². The Bertz CT molecular complexity index is 113. The zero-order valence-electron chi connectivity index (χ0n) is 8.30. The van der Waals surface area contributed by atoms with Crippen molar-refractivity contribution < 1.29 is 9.94 Å². The third kappa shape index (κ3) is 5.24. The van der Waals surface area contributed by atoms with E-state index in [1.54, 1.807) is 0 Å². The van der Waals surface area contributed by atoms with Gasteiger partial charge in [-0.15, -0.1) is 0 Å². The second-order valence-corrected chi connectivity index (χ2v) is 3.70. The summed E-state index contributed by atoms with van der Waals surface area (Å²) in [4.78, 5) is 5.47. The highest BCUT2D eigenvalue weighted by molar-refractivity contribution is 4.65. The maximum Gasteiger partial charge on any atom is 0.0790 e. The molecule has 0 radical (unpaired) electrons. The number of hydroxylamine groups is 1. The second kappa shape index (κ2) is 7.30. The quantitative estimate of drug-likeness (QED) is 0.470. The van der Waals surface area contributed by atoms with Gasteiger partial charge in [0.05, 0.1) is 6.10 Å². The van der Waals surface area contributed by atoms with Gasteiger partial charge in [0.25, 0.3) is 0 Å². The van der Waals surface area contributed by atoms with Crippen molar-refractivity contribution in [3.63, 3.8) is 0 Å². The molecule has 3 heteroatoms. The van der Waals surface area contributed by atoms with E-state index < -0.39 is 0 Å². The van der Waals surface area contributed by atoms with Crippen LogP contribution < -0.4 is 5.48 Å². The highest BCUT2D eigenvalue weighted by Crippen LogP contribution is 2.19. The van der Waals surface area contributed by atoms with E-state index in [-0.39, 0.29) is 0 Å². The Morgan fingerprint density at radius 3 is 2.62 bits per heavy atom. The van der Waals surface area contributed by atoms with Gasteiger partial charge in [0, 0.05) is 13.2 Å². The summed E-state index contributed by atoms with van der Waals surface area (Å²) in [7, 11) is 0. The standard InChI is InChI=1S/C10H21NO2/c12-9-5-1-4-8-11-13-10-6-2-3-7-10/h10-12H,1-9H2. The third-order valence-corrected chi connectivity index (χ3v) is 2.49. The highest BCUT2D eigenvalue weighted by Gasteiger charge is 2.14. The monoisotopic (exact) mass is 187 g/mol. The molecule has 0 aromatic rings. The zero-order chi connectivity index (χ0) is 9.36. The Morgan fingerprint density at radius 2 is 1.92 bits per heavy atom. The molecule has 0 aliphatic heterocycles. The molecule has 0 unspecified atom stereocenters. The van der Waals surface area contributed by atoms with E-state index in [0.29, 0.717) is 12.7 Å². The van der Waals surface area contributed by atoms with Gasteiger partial charge in [-0.2, -0.15) is 0 Å². The van der Waals surface area contributed by atoms with E-state index in [4.69, 9.17) is 9.94 Å². The SMILES string of the molecule is OCCCCCNOC1CCCC1. The molecule has 13 heavy (non-hydrogen) atoms. The molecule has 1 aliphatic carbocycles. The Labute approximate surface area is 80.4 Å². The molecule has 0 atom stereocenters. The number of unbranched alkanes of at least 4 members (excludes halogenated alkanes) is 2. The molecule has 1 saturated carbocycles. The zero-order valence-corrected chi connectivity index (χ0v) is 8.30. The van der Waals surface area contributed by atoms with Crippen molar-refractivity contribution in [2.75, 3.05) is 13.2 Å². The molecule has 0 spiro atoms. The first-order valence-electron chi connectivity index (χ1n) is 5.43. The molecule has 78 valence electrons. The van der Waals surface area contributed by atoms with E-state index in [1.165, 1.54) is 25.7 Å². The molecule has 1 rings (SSSR count). The molecule has 0 amide bonds. The van der Waals surface area contributed by atoms with E-state index >= 15 is 0 Å². The van der Waals surface area contributed by atoms with Crippen molar-refractivity contribution in [1.82, 2.24) is 5.48 Å². The van der Waals surface area contributed by atoms with Crippen LogP contribution in [0.3, 0.4) is 0 Å². The first kappa shape index (κ1) is 11.0. The van der Waals surface area contributed by atoms with Crippen LogP contribution in [-0.2, 0) is 4.84 Å². The molecule has 2 N–H and O–H groups in total. The van der Waals surface area contributed by atoms with Crippen molar-refractivity contribution in [3.8, 4) is 0 Å².